The predicted octanol–water partition coefficient (Wildman–Crippen LogP) is 6.79. The maximum Gasteiger partial charge on any atom is 0.158 e. The minimum absolute atomic E-state index is 0.116. The zero-order chi connectivity index (χ0) is 17.4. The van der Waals surface area contributed by atoms with Crippen LogP contribution in [0.2, 0.25) is 0 Å². The second-order valence-electron chi connectivity index (χ2n) is 5.79. The Morgan fingerprint density at radius 3 is 2.00 bits per heavy atom. The Bertz CT molecular complexity index is 552. The molecule has 0 saturated carbocycles. The molecule has 22 heavy (non-hydrogen) atoms. The molecule has 0 atom stereocenters. The molecule has 0 unspecified atom stereocenters. The van der Waals surface area contributed by atoms with Crippen LogP contribution in [-0.2, 0) is 0 Å². The van der Waals surface area contributed by atoms with Gasteiger partial charge in [-0.25, -0.2) is 13.2 Å². The van der Waals surface area contributed by atoms with Gasteiger partial charge in [0.05, 0.1) is 0 Å². The highest BCUT2D eigenvalue weighted by Gasteiger charge is 2.02. The van der Waals surface area contributed by atoms with Gasteiger partial charge < -0.3 is 0 Å². The number of aryl methyl sites for hydroxylation is 1. The number of benzene rings is 1. The molecule has 0 fully saturated rings. The molecule has 0 amide bonds. The van der Waals surface area contributed by atoms with E-state index in [1.807, 2.05) is 26.0 Å². The fraction of sp³-hybridized carbons (Fsp3) is 0.368. The summed E-state index contributed by atoms with van der Waals surface area (Å²) in [5, 5.41) is 0. The van der Waals surface area contributed by atoms with E-state index in [0.717, 1.165) is 11.6 Å². The molecular weight excluding hydrogens is 285 g/mol. The van der Waals surface area contributed by atoms with Crippen molar-refractivity contribution in [2.45, 2.75) is 40.5 Å². The van der Waals surface area contributed by atoms with E-state index in [9.17, 15) is 13.2 Å². The van der Waals surface area contributed by atoms with Crippen molar-refractivity contribution >= 4 is 0 Å². The summed E-state index contributed by atoms with van der Waals surface area (Å²) >= 11 is 0. The van der Waals surface area contributed by atoms with Crippen molar-refractivity contribution in [1.29, 1.82) is 0 Å². The summed E-state index contributed by atoms with van der Waals surface area (Å²) in [7, 11) is 0. The number of rotatable bonds is 4. The first-order valence-electron chi connectivity index (χ1n) is 7.23. The van der Waals surface area contributed by atoms with Gasteiger partial charge >= 0.3 is 0 Å². The average Bonchev–Trinajstić information content (AvgIpc) is 2.41. The first-order chi connectivity index (χ1) is 10.1. The van der Waals surface area contributed by atoms with Crippen molar-refractivity contribution < 1.29 is 13.2 Å². The fourth-order valence-corrected chi connectivity index (χ4v) is 1.43. The third-order valence-electron chi connectivity index (χ3n) is 3.16. The van der Waals surface area contributed by atoms with E-state index < -0.39 is 11.7 Å². The molecule has 0 heterocycles. The van der Waals surface area contributed by atoms with Crippen LogP contribution in [-0.4, -0.2) is 0 Å². The second-order valence-corrected chi connectivity index (χ2v) is 5.79. The molecule has 0 bridgehead atoms. The van der Waals surface area contributed by atoms with E-state index >= 15 is 0 Å². The summed E-state index contributed by atoms with van der Waals surface area (Å²) in [5.74, 6) is -1.50. The molecule has 1 aromatic carbocycles. The Balaban J connectivity index is 0.000000401. The molecule has 0 nitrogen and oxygen atoms in total. The van der Waals surface area contributed by atoms with Crippen molar-refractivity contribution in [3.8, 4) is 0 Å². The summed E-state index contributed by atoms with van der Waals surface area (Å²) in [6.07, 6.45) is 1.06. The predicted molar refractivity (Wildman–Crippen MR) is 88.6 cm³/mol. The third-order valence-corrected chi connectivity index (χ3v) is 3.16. The smallest absolute Gasteiger partial charge is 0.158 e. The van der Waals surface area contributed by atoms with Gasteiger partial charge in [0.2, 0.25) is 0 Å². The first kappa shape index (κ1) is 20.2. The van der Waals surface area contributed by atoms with E-state index in [4.69, 9.17) is 0 Å². The van der Waals surface area contributed by atoms with Gasteiger partial charge in [-0.2, -0.15) is 0 Å². The van der Waals surface area contributed by atoms with Crippen molar-refractivity contribution in [1.82, 2.24) is 0 Å². The lowest BCUT2D eigenvalue weighted by atomic mass is 10.0. The lowest BCUT2D eigenvalue weighted by molar-refractivity contribution is 0.546. The van der Waals surface area contributed by atoms with Crippen molar-refractivity contribution in [3.05, 3.63) is 71.6 Å². The number of allylic oxidation sites excluding steroid dienone is 4. The highest BCUT2D eigenvalue weighted by atomic mass is 19.2. The summed E-state index contributed by atoms with van der Waals surface area (Å²) in [5.41, 5.74) is 2.49. The Hall–Kier alpha value is -1.77. The molecule has 0 N–H and O–H groups in total. The molecule has 0 radical (unpaired) electrons. The van der Waals surface area contributed by atoms with Crippen LogP contribution in [0.3, 0.4) is 0 Å². The van der Waals surface area contributed by atoms with Crippen LogP contribution in [0.15, 0.2) is 54.7 Å². The maximum absolute atomic E-state index is 12.8. The van der Waals surface area contributed by atoms with E-state index in [-0.39, 0.29) is 11.7 Å². The zero-order valence-electron chi connectivity index (χ0n) is 14.0. The lowest BCUT2D eigenvalue weighted by Crippen LogP contribution is -1.89. The Morgan fingerprint density at radius 2 is 1.64 bits per heavy atom. The van der Waals surface area contributed by atoms with Gasteiger partial charge in [0.25, 0.3) is 0 Å². The summed E-state index contributed by atoms with van der Waals surface area (Å²) in [6, 6.07) is 5.28. The molecular formula is C19H25F3. The number of hydrogen-bond donors (Lipinski definition) is 0. The molecule has 0 spiro atoms. The molecule has 0 aliphatic rings. The molecule has 0 aromatic heterocycles. The first-order valence-corrected chi connectivity index (χ1v) is 7.23. The number of halogens is 3. The molecule has 1 aromatic rings. The third kappa shape index (κ3) is 7.30. The van der Waals surface area contributed by atoms with Crippen molar-refractivity contribution in [3.63, 3.8) is 0 Å². The molecule has 122 valence electrons. The number of hydrogen-bond acceptors (Lipinski definition) is 0. The highest BCUT2D eigenvalue weighted by Crippen LogP contribution is 2.17. The van der Waals surface area contributed by atoms with Gasteiger partial charge in [-0.05, 0) is 47.6 Å². The second kappa shape index (κ2) is 9.29. The molecule has 0 aliphatic carbocycles. The average molecular weight is 310 g/mol. The zero-order valence-corrected chi connectivity index (χ0v) is 14.0. The van der Waals surface area contributed by atoms with Crippen LogP contribution in [0.25, 0.3) is 0 Å². The SMILES string of the molecule is C=C(F)/C(F)=C\C(=C)C(C)C.Cc1cc(C(C)C)ccc1F. The normalized spacial score (nSPS) is 11.3. The van der Waals surface area contributed by atoms with E-state index in [2.05, 4.69) is 27.0 Å². The molecule has 3 heteroatoms. The molecule has 0 saturated heterocycles. The van der Waals surface area contributed by atoms with Gasteiger partial charge in [-0.15, -0.1) is 0 Å². The van der Waals surface area contributed by atoms with Gasteiger partial charge in [0, 0.05) is 0 Å². The summed E-state index contributed by atoms with van der Waals surface area (Å²) in [4.78, 5) is 0. The molecule has 0 aliphatic heterocycles. The highest BCUT2D eigenvalue weighted by molar-refractivity contribution is 5.27. The topological polar surface area (TPSA) is 0 Å². The van der Waals surface area contributed by atoms with Crippen LogP contribution in [0, 0.1) is 18.7 Å². The Kier molecular flexibility index (Phi) is 8.54. The van der Waals surface area contributed by atoms with Crippen LogP contribution in [0.4, 0.5) is 13.2 Å². The van der Waals surface area contributed by atoms with Crippen LogP contribution in [0.5, 0.6) is 0 Å². The van der Waals surface area contributed by atoms with Crippen LogP contribution in [0.1, 0.15) is 44.7 Å². The van der Waals surface area contributed by atoms with E-state index in [1.165, 1.54) is 11.6 Å². The maximum atomic E-state index is 12.8. The van der Waals surface area contributed by atoms with Gasteiger partial charge in [-0.3, -0.25) is 0 Å². The summed E-state index contributed by atoms with van der Waals surface area (Å²) < 4.78 is 37.3. The summed E-state index contributed by atoms with van der Waals surface area (Å²) in [6.45, 7) is 16.1. The Labute approximate surface area is 132 Å². The lowest BCUT2D eigenvalue weighted by Gasteiger charge is -2.05. The van der Waals surface area contributed by atoms with E-state index in [0.29, 0.717) is 11.5 Å². The standard InChI is InChI=1S/C10H13F.C9H12F2/c1-7(2)9-4-5-10(11)8(3)6-9;1-6(2)7(3)5-9(11)8(4)10/h4-7H,1-3H3;5-6H,3-4H2,1-2H3/b;9-5+. The minimum atomic E-state index is -1.05. The van der Waals surface area contributed by atoms with Crippen molar-refractivity contribution in [2.75, 3.05) is 0 Å². The van der Waals surface area contributed by atoms with Crippen LogP contribution < -0.4 is 0 Å². The van der Waals surface area contributed by atoms with Gasteiger partial charge in [0.15, 0.2) is 11.7 Å². The van der Waals surface area contributed by atoms with Crippen molar-refractivity contribution in [2.24, 2.45) is 5.92 Å². The quantitative estimate of drug-likeness (QED) is 0.537. The minimum Gasteiger partial charge on any atom is -0.207 e. The van der Waals surface area contributed by atoms with E-state index in [1.54, 1.807) is 6.92 Å². The fourth-order valence-electron chi connectivity index (χ4n) is 1.43. The van der Waals surface area contributed by atoms with Gasteiger partial charge in [0.1, 0.15) is 5.82 Å². The molecule has 1 rings (SSSR count). The van der Waals surface area contributed by atoms with Gasteiger partial charge in [-0.1, -0.05) is 53.0 Å². The largest absolute Gasteiger partial charge is 0.207 e. The van der Waals surface area contributed by atoms with Crippen LogP contribution >= 0.6 is 0 Å². The monoisotopic (exact) mass is 310 g/mol. The Morgan fingerprint density at radius 1 is 1.09 bits per heavy atom.